The molecule has 3 atom stereocenters. The molecule has 1 aliphatic heterocycles. The van der Waals surface area contributed by atoms with Crippen LogP contribution < -0.4 is 10.2 Å². The first-order valence-electron chi connectivity index (χ1n) is 7.42. The maximum atomic E-state index is 13.4. The third-order valence-corrected chi connectivity index (χ3v) is 3.93. The van der Waals surface area contributed by atoms with Crippen molar-refractivity contribution in [3.8, 4) is 0 Å². The minimum atomic E-state index is -0.381. The van der Waals surface area contributed by atoms with Gasteiger partial charge >= 0.3 is 0 Å². The van der Waals surface area contributed by atoms with Gasteiger partial charge in [0.1, 0.15) is 5.82 Å². The highest BCUT2D eigenvalue weighted by Crippen LogP contribution is 2.13. The van der Waals surface area contributed by atoms with Crippen LogP contribution in [0.1, 0.15) is 26.7 Å². The summed E-state index contributed by atoms with van der Waals surface area (Å²) in [5, 5.41) is 2.64. The summed E-state index contributed by atoms with van der Waals surface area (Å²) in [6, 6.07) is 6.28. The van der Waals surface area contributed by atoms with Gasteiger partial charge < -0.3 is 10.2 Å². The quantitative estimate of drug-likeness (QED) is 0.864. The van der Waals surface area contributed by atoms with Crippen LogP contribution in [0.4, 0.5) is 10.1 Å². The predicted molar refractivity (Wildman–Crippen MR) is 78.2 cm³/mol. The number of nitrogens with one attached hydrogen (secondary N) is 2. The average Bonchev–Trinajstić information content (AvgIpc) is 2.38. The molecule has 0 spiro atoms. The van der Waals surface area contributed by atoms with Gasteiger partial charge in [-0.2, -0.15) is 0 Å². The SMILES string of the molecule is C[C@@H]1C[C@H](C)C[NH+](CCC(=O)Nc2ccccc2F)C1. The molecule has 1 aliphatic rings. The number of carbonyl (C=O) groups is 1. The number of para-hydroxylation sites is 1. The minimum Gasteiger partial charge on any atom is -0.334 e. The summed E-state index contributed by atoms with van der Waals surface area (Å²) < 4.78 is 13.4. The first kappa shape index (κ1) is 15.0. The maximum Gasteiger partial charge on any atom is 0.230 e. The lowest BCUT2D eigenvalue weighted by Crippen LogP contribution is -3.14. The molecule has 110 valence electrons. The third kappa shape index (κ3) is 4.30. The van der Waals surface area contributed by atoms with Crippen LogP contribution in [0.2, 0.25) is 0 Å². The number of piperidine rings is 1. The van der Waals surface area contributed by atoms with E-state index in [9.17, 15) is 9.18 Å². The van der Waals surface area contributed by atoms with Gasteiger partial charge in [0.2, 0.25) is 5.91 Å². The fourth-order valence-corrected chi connectivity index (χ4v) is 3.19. The van der Waals surface area contributed by atoms with E-state index in [1.54, 1.807) is 18.2 Å². The normalized spacial score (nSPS) is 26.2. The molecular weight excluding hydrogens is 255 g/mol. The molecule has 20 heavy (non-hydrogen) atoms. The Balaban J connectivity index is 1.79. The molecular formula is C16H24FN2O+. The summed E-state index contributed by atoms with van der Waals surface area (Å²) in [5.41, 5.74) is 0.271. The summed E-state index contributed by atoms with van der Waals surface area (Å²) in [7, 11) is 0. The smallest absolute Gasteiger partial charge is 0.230 e. The number of rotatable bonds is 4. The van der Waals surface area contributed by atoms with Gasteiger partial charge in [0.25, 0.3) is 0 Å². The minimum absolute atomic E-state index is 0.103. The molecule has 1 saturated heterocycles. The van der Waals surface area contributed by atoms with Crippen molar-refractivity contribution >= 4 is 11.6 Å². The molecule has 0 radical (unpaired) electrons. The molecule has 0 aromatic heterocycles. The van der Waals surface area contributed by atoms with E-state index in [2.05, 4.69) is 19.2 Å². The van der Waals surface area contributed by atoms with E-state index < -0.39 is 0 Å². The van der Waals surface area contributed by atoms with Crippen molar-refractivity contribution in [1.82, 2.24) is 0 Å². The molecule has 4 heteroatoms. The Morgan fingerprint density at radius 2 is 1.95 bits per heavy atom. The number of likely N-dealkylation sites (tertiary alicyclic amines) is 1. The van der Waals surface area contributed by atoms with Crippen LogP contribution in [0.3, 0.4) is 0 Å². The van der Waals surface area contributed by atoms with Crippen molar-refractivity contribution in [2.75, 3.05) is 25.0 Å². The molecule has 0 saturated carbocycles. The third-order valence-electron chi connectivity index (χ3n) is 3.93. The van der Waals surface area contributed by atoms with Gasteiger partial charge in [-0.05, 0) is 18.6 Å². The first-order chi connectivity index (χ1) is 9.54. The number of benzene rings is 1. The molecule has 2 rings (SSSR count). The molecule has 0 bridgehead atoms. The van der Waals surface area contributed by atoms with Crippen LogP contribution in [0, 0.1) is 17.7 Å². The number of carbonyl (C=O) groups excluding carboxylic acids is 1. The molecule has 3 nitrogen and oxygen atoms in total. The molecule has 1 amide bonds. The van der Waals surface area contributed by atoms with Crippen molar-refractivity contribution in [3.05, 3.63) is 30.1 Å². The molecule has 1 heterocycles. The number of halogens is 1. The lowest BCUT2D eigenvalue weighted by molar-refractivity contribution is -0.911. The van der Waals surface area contributed by atoms with Crippen molar-refractivity contribution in [2.24, 2.45) is 11.8 Å². The Hall–Kier alpha value is -1.42. The van der Waals surface area contributed by atoms with E-state index in [0.29, 0.717) is 6.42 Å². The van der Waals surface area contributed by atoms with E-state index in [0.717, 1.165) is 31.5 Å². The van der Waals surface area contributed by atoms with Crippen molar-refractivity contribution < 1.29 is 14.1 Å². The molecule has 1 fully saturated rings. The highest BCUT2D eigenvalue weighted by atomic mass is 19.1. The van der Waals surface area contributed by atoms with E-state index in [1.807, 2.05) is 0 Å². The van der Waals surface area contributed by atoms with Gasteiger partial charge in [0, 0.05) is 11.8 Å². The van der Waals surface area contributed by atoms with E-state index in [-0.39, 0.29) is 17.4 Å². The summed E-state index contributed by atoms with van der Waals surface area (Å²) >= 11 is 0. The largest absolute Gasteiger partial charge is 0.334 e. The number of anilines is 1. The van der Waals surface area contributed by atoms with Crippen molar-refractivity contribution in [2.45, 2.75) is 26.7 Å². The maximum absolute atomic E-state index is 13.4. The fraction of sp³-hybridized carbons (Fsp3) is 0.562. The Morgan fingerprint density at radius 3 is 2.60 bits per heavy atom. The zero-order valence-electron chi connectivity index (χ0n) is 12.3. The average molecular weight is 279 g/mol. The standard InChI is InChI=1S/C16H23FN2O/c1-12-9-13(2)11-19(10-12)8-7-16(20)18-15-6-4-3-5-14(15)17/h3-6,12-13H,7-11H2,1-2H3,(H,18,20)/p+1/t12-,13+. The zero-order chi connectivity index (χ0) is 14.5. The number of amides is 1. The molecule has 1 aromatic carbocycles. The second-order valence-corrected chi connectivity index (χ2v) is 6.13. The van der Waals surface area contributed by atoms with Crippen LogP contribution >= 0.6 is 0 Å². The number of hydrogen-bond donors (Lipinski definition) is 2. The summed E-state index contributed by atoms with van der Waals surface area (Å²) in [5.74, 6) is 0.966. The summed E-state index contributed by atoms with van der Waals surface area (Å²) in [4.78, 5) is 13.4. The topological polar surface area (TPSA) is 33.5 Å². The van der Waals surface area contributed by atoms with Crippen LogP contribution in [0.15, 0.2) is 24.3 Å². The number of hydrogen-bond acceptors (Lipinski definition) is 1. The first-order valence-corrected chi connectivity index (χ1v) is 7.42. The molecule has 0 aliphatic carbocycles. The Bertz CT molecular complexity index is 454. The van der Waals surface area contributed by atoms with Crippen molar-refractivity contribution in [1.29, 1.82) is 0 Å². The fourth-order valence-electron chi connectivity index (χ4n) is 3.19. The molecule has 2 N–H and O–H groups in total. The van der Waals surface area contributed by atoms with Gasteiger partial charge in [0.05, 0.1) is 31.7 Å². The summed E-state index contributed by atoms with van der Waals surface area (Å²) in [6.45, 7) is 7.65. The summed E-state index contributed by atoms with van der Waals surface area (Å²) in [6.07, 6.45) is 1.73. The van der Waals surface area contributed by atoms with E-state index in [4.69, 9.17) is 0 Å². The highest BCUT2D eigenvalue weighted by Gasteiger charge is 2.25. The van der Waals surface area contributed by atoms with Crippen LogP contribution in [-0.2, 0) is 4.79 Å². The van der Waals surface area contributed by atoms with Crippen molar-refractivity contribution in [3.63, 3.8) is 0 Å². The second-order valence-electron chi connectivity index (χ2n) is 6.13. The van der Waals surface area contributed by atoms with Gasteiger partial charge in [-0.1, -0.05) is 26.0 Å². The van der Waals surface area contributed by atoms with Gasteiger partial charge in [0.15, 0.2) is 0 Å². The van der Waals surface area contributed by atoms with Gasteiger partial charge in [-0.25, -0.2) is 4.39 Å². The Morgan fingerprint density at radius 1 is 1.30 bits per heavy atom. The van der Waals surface area contributed by atoms with Crippen LogP contribution in [0.25, 0.3) is 0 Å². The van der Waals surface area contributed by atoms with E-state index in [1.165, 1.54) is 17.4 Å². The Kier molecular flexibility index (Phi) is 5.12. The molecule has 1 aromatic rings. The van der Waals surface area contributed by atoms with Crippen LogP contribution in [-0.4, -0.2) is 25.5 Å². The second kappa shape index (κ2) is 6.84. The zero-order valence-corrected chi connectivity index (χ0v) is 12.3. The Labute approximate surface area is 120 Å². The highest BCUT2D eigenvalue weighted by molar-refractivity contribution is 5.90. The molecule has 1 unspecified atom stereocenters. The number of quaternary nitrogens is 1. The van der Waals surface area contributed by atoms with Crippen LogP contribution in [0.5, 0.6) is 0 Å². The monoisotopic (exact) mass is 279 g/mol. The lowest BCUT2D eigenvalue weighted by Gasteiger charge is -2.31. The van der Waals surface area contributed by atoms with Gasteiger partial charge in [-0.3, -0.25) is 4.79 Å². The van der Waals surface area contributed by atoms with Gasteiger partial charge in [-0.15, -0.1) is 0 Å². The predicted octanol–water partition coefficient (Wildman–Crippen LogP) is 1.72. The lowest BCUT2D eigenvalue weighted by atomic mass is 9.92. The van der Waals surface area contributed by atoms with E-state index >= 15 is 0 Å².